The standard InChI is InChI=1S/C76H134O6/c1-4-7-10-13-16-19-22-25-28-31-34-35-36-37-38-39-40-41-43-45-48-51-54-57-60-63-66-69-75(78)81-72-73(71-80-74(77)68-65-62-59-56-53-50-47-44-33-30-27-24-21-18-15-12-9-6-3)82-76(79)70-67-64-61-58-55-52-49-46-42-32-29-26-23-20-17-14-11-8-5-2/h7,10,16,19,25-26,28-29,34-35,37-38,40-41,73H,4-6,8-9,11-15,17-18,20-24,27,30-33,36,39,42-72H2,1-3H3/b10-7-,19-16-,28-25-,29-26-,35-34-,38-37-,41-40-. The first-order chi connectivity index (χ1) is 40.5. The zero-order valence-electron chi connectivity index (χ0n) is 54.5. The Balaban J connectivity index is 4.35. The summed E-state index contributed by atoms with van der Waals surface area (Å²) in [4.78, 5) is 38.5. The highest BCUT2D eigenvalue weighted by atomic mass is 16.6. The van der Waals surface area contributed by atoms with Gasteiger partial charge in [-0.25, -0.2) is 0 Å². The largest absolute Gasteiger partial charge is 0.462 e. The number of unbranched alkanes of at least 4 members (excludes halogenated alkanes) is 40. The summed E-state index contributed by atoms with van der Waals surface area (Å²) in [6.45, 7) is 6.57. The fraction of sp³-hybridized carbons (Fsp3) is 0.776. The monoisotopic (exact) mass is 1140 g/mol. The first-order valence-electron chi connectivity index (χ1n) is 35.6. The molecule has 0 saturated carbocycles. The lowest BCUT2D eigenvalue weighted by Crippen LogP contribution is -2.30. The van der Waals surface area contributed by atoms with Crippen molar-refractivity contribution in [2.75, 3.05) is 13.2 Å². The van der Waals surface area contributed by atoms with E-state index in [4.69, 9.17) is 14.2 Å². The van der Waals surface area contributed by atoms with E-state index in [0.717, 1.165) is 103 Å². The average Bonchev–Trinajstić information content (AvgIpc) is 3.47. The second-order valence-corrected chi connectivity index (χ2v) is 23.8. The van der Waals surface area contributed by atoms with Crippen LogP contribution in [-0.2, 0) is 28.6 Å². The molecule has 0 aromatic carbocycles. The van der Waals surface area contributed by atoms with E-state index in [9.17, 15) is 14.4 Å². The minimum Gasteiger partial charge on any atom is -0.462 e. The first-order valence-corrected chi connectivity index (χ1v) is 35.6. The van der Waals surface area contributed by atoms with Crippen molar-refractivity contribution in [1.82, 2.24) is 0 Å². The Hall–Kier alpha value is -3.41. The molecule has 0 N–H and O–H groups in total. The predicted octanol–water partition coefficient (Wildman–Crippen LogP) is 24.6. The minimum atomic E-state index is -0.782. The summed E-state index contributed by atoms with van der Waals surface area (Å²) in [5.74, 6) is -0.865. The zero-order valence-corrected chi connectivity index (χ0v) is 54.5. The van der Waals surface area contributed by atoms with Gasteiger partial charge in [0.05, 0.1) is 0 Å². The van der Waals surface area contributed by atoms with Crippen molar-refractivity contribution in [2.24, 2.45) is 0 Å². The van der Waals surface area contributed by atoms with Crippen LogP contribution in [0.1, 0.15) is 361 Å². The quantitative estimate of drug-likeness (QED) is 0.0261. The van der Waals surface area contributed by atoms with Crippen LogP contribution in [0.5, 0.6) is 0 Å². The molecule has 6 nitrogen and oxygen atoms in total. The van der Waals surface area contributed by atoms with Gasteiger partial charge in [-0.05, 0) is 96.3 Å². The van der Waals surface area contributed by atoms with Gasteiger partial charge in [-0.3, -0.25) is 14.4 Å². The third-order valence-electron chi connectivity index (χ3n) is 15.6. The van der Waals surface area contributed by atoms with Gasteiger partial charge in [0.15, 0.2) is 6.10 Å². The lowest BCUT2D eigenvalue weighted by molar-refractivity contribution is -0.167. The van der Waals surface area contributed by atoms with Crippen molar-refractivity contribution >= 4 is 17.9 Å². The fourth-order valence-electron chi connectivity index (χ4n) is 10.3. The second kappa shape index (κ2) is 70.1. The van der Waals surface area contributed by atoms with Crippen LogP contribution in [-0.4, -0.2) is 37.2 Å². The summed E-state index contributed by atoms with van der Waals surface area (Å²) in [7, 11) is 0. The molecule has 0 heterocycles. The number of hydrogen-bond donors (Lipinski definition) is 0. The van der Waals surface area contributed by atoms with Crippen molar-refractivity contribution in [3.05, 3.63) is 85.1 Å². The van der Waals surface area contributed by atoms with Crippen molar-refractivity contribution in [2.45, 2.75) is 367 Å². The fourth-order valence-corrected chi connectivity index (χ4v) is 10.3. The number of carbonyl (C=O) groups excluding carboxylic acids is 3. The van der Waals surface area contributed by atoms with Crippen molar-refractivity contribution in [3.63, 3.8) is 0 Å². The lowest BCUT2D eigenvalue weighted by atomic mass is 10.0. The van der Waals surface area contributed by atoms with Gasteiger partial charge in [0.1, 0.15) is 13.2 Å². The first kappa shape index (κ1) is 78.6. The Bertz CT molecular complexity index is 1550. The molecule has 0 spiro atoms. The van der Waals surface area contributed by atoms with Crippen molar-refractivity contribution in [1.29, 1.82) is 0 Å². The van der Waals surface area contributed by atoms with Gasteiger partial charge >= 0.3 is 17.9 Å². The third-order valence-corrected chi connectivity index (χ3v) is 15.6. The summed E-state index contributed by atoms with van der Waals surface area (Å²) < 4.78 is 17.0. The number of carbonyl (C=O) groups is 3. The smallest absolute Gasteiger partial charge is 0.306 e. The van der Waals surface area contributed by atoms with Crippen LogP contribution in [0.25, 0.3) is 0 Å². The molecule has 0 rings (SSSR count). The molecule has 0 fully saturated rings. The molecular formula is C76H134O6. The van der Waals surface area contributed by atoms with Crippen molar-refractivity contribution in [3.8, 4) is 0 Å². The minimum absolute atomic E-state index is 0.0756. The highest BCUT2D eigenvalue weighted by Crippen LogP contribution is 2.18. The van der Waals surface area contributed by atoms with Gasteiger partial charge in [-0.1, -0.05) is 331 Å². The summed E-state index contributed by atoms with van der Waals surface area (Å²) in [6, 6.07) is 0. The molecule has 0 aliphatic heterocycles. The zero-order chi connectivity index (χ0) is 59.2. The van der Waals surface area contributed by atoms with E-state index in [-0.39, 0.29) is 31.1 Å². The predicted molar refractivity (Wildman–Crippen MR) is 358 cm³/mol. The highest BCUT2D eigenvalue weighted by Gasteiger charge is 2.19. The molecule has 0 aliphatic carbocycles. The van der Waals surface area contributed by atoms with E-state index >= 15 is 0 Å². The number of esters is 3. The number of ether oxygens (including phenoxy) is 3. The summed E-state index contributed by atoms with van der Waals surface area (Å²) >= 11 is 0. The number of rotatable bonds is 65. The second-order valence-electron chi connectivity index (χ2n) is 23.8. The van der Waals surface area contributed by atoms with Crippen LogP contribution in [0.15, 0.2) is 85.1 Å². The van der Waals surface area contributed by atoms with E-state index in [1.807, 2.05) is 0 Å². The van der Waals surface area contributed by atoms with E-state index in [2.05, 4.69) is 106 Å². The van der Waals surface area contributed by atoms with Crippen LogP contribution in [0.3, 0.4) is 0 Å². The Kier molecular flexibility index (Phi) is 67.2. The molecule has 0 bridgehead atoms. The van der Waals surface area contributed by atoms with Crippen LogP contribution in [0, 0.1) is 0 Å². The molecule has 0 saturated heterocycles. The summed E-state index contributed by atoms with van der Waals surface area (Å²) in [6.07, 6.45) is 93.1. The third kappa shape index (κ3) is 67.4. The Morgan fingerprint density at radius 2 is 0.476 bits per heavy atom. The maximum atomic E-state index is 13.0. The molecule has 0 aromatic heterocycles. The van der Waals surface area contributed by atoms with Gasteiger partial charge in [0.25, 0.3) is 0 Å². The highest BCUT2D eigenvalue weighted by molar-refractivity contribution is 5.71. The van der Waals surface area contributed by atoms with Gasteiger partial charge < -0.3 is 14.2 Å². The van der Waals surface area contributed by atoms with Gasteiger partial charge in [-0.2, -0.15) is 0 Å². The molecule has 0 aliphatic rings. The summed E-state index contributed by atoms with van der Waals surface area (Å²) in [5.41, 5.74) is 0. The normalized spacial score (nSPS) is 12.6. The topological polar surface area (TPSA) is 78.9 Å². The Labute approximate surface area is 509 Å². The maximum Gasteiger partial charge on any atom is 0.306 e. The van der Waals surface area contributed by atoms with Crippen LogP contribution >= 0.6 is 0 Å². The van der Waals surface area contributed by atoms with Crippen LogP contribution in [0.2, 0.25) is 0 Å². The van der Waals surface area contributed by atoms with Crippen LogP contribution in [0.4, 0.5) is 0 Å². The Morgan fingerprint density at radius 1 is 0.256 bits per heavy atom. The molecule has 1 unspecified atom stereocenters. The Morgan fingerprint density at radius 3 is 0.756 bits per heavy atom. The van der Waals surface area contributed by atoms with E-state index in [1.165, 1.54) is 218 Å². The molecule has 6 heteroatoms. The van der Waals surface area contributed by atoms with Crippen molar-refractivity contribution < 1.29 is 28.6 Å². The molecular weight excluding hydrogens is 1010 g/mol. The van der Waals surface area contributed by atoms with Gasteiger partial charge in [0.2, 0.25) is 0 Å². The van der Waals surface area contributed by atoms with E-state index < -0.39 is 6.10 Å². The average molecular weight is 1140 g/mol. The molecule has 0 amide bonds. The molecule has 1 atom stereocenters. The SMILES string of the molecule is CC/C=C\C/C=C\C/C=C\C/C=C\C/C=C\C/C=C\CCCCCCCCCCC(=O)OCC(COC(=O)CCCCCCCCCCCCCCCCCCCC)OC(=O)CCCCCCCCCCC/C=C\CCCCCCCC. The molecule has 82 heavy (non-hydrogen) atoms. The van der Waals surface area contributed by atoms with E-state index in [1.54, 1.807) is 0 Å². The maximum absolute atomic E-state index is 13.0. The van der Waals surface area contributed by atoms with E-state index in [0.29, 0.717) is 19.3 Å². The number of hydrogen-bond acceptors (Lipinski definition) is 6. The summed E-state index contributed by atoms with van der Waals surface area (Å²) in [5, 5.41) is 0. The van der Waals surface area contributed by atoms with Gasteiger partial charge in [0, 0.05) is 19.3 Å². The van der Waals surface area contributed by atoms with Crippen LogP contribution < -0.4 is 0 Å². The molecule has 474 valence electrons. The number of allylic oxidation sites excluding steroid dienone is 14. The molecule has 0 radical (unpaired) electrons. The lowest BCUT2D eigenvalue weighted by Gasteiger charge is -2.18. The van der Waals surface area contributed by atoms with Gasteiger partial charge in [-0.15, -0.1) is 0 Å². The molecule has 0 aromatic rings.